The van der Waals surface area contributed by atoms with Crippen LogP contribution in [0.15, 0.2) is 42.1 Å². The number of carbonyl (C=O) groups excluding carboxylic acids is 3. The zero-order chi connectivity index (χ0) is 27.8. The molecule has 0 radical (unpaired) electrons. The summed E-state index contributed by atoms with van der Waals surface area (Å²) in [5.74, 6) is 0.113. The average Bonchev–Trinajstić information content (AvgIpc) is 3.42. The Kier molecular flexibility index (Phi) is 10.1. The maximum absolute atomic E-state index is 12.8. The van der Waals surface area contributed by atoms with Crippen LogP contribution in [-0.4, -0.2) is 51.5 Å². The minimum absolute atomic E-state index is 0.0115. The first kappa shape index (κ1) is 28.9. The zero-order valence-electron chi connectivity index (χ0n) is 21.8. The Morgan fingerprint density at radius 3 is 2.55 bits per heavy atom. The number of hydrogen-bond acceptors (Lipinski definition) is 9. The molecule has 3 N–H and O–H groups in total. The van der Waals surface area contributed by atoms with E-state index in [2.05, 4.69) is 35.9 Å². The lowest BCUT2D eigenvalue weighted by atomic mass is 10.1. The molecule has 0 bridgehead atoms. The first-order valence-corrected chi connectivity index (χ1v) is 13.8. The van der Waals surface area contributed by atoms with E-state index in [1.165, 1.54) is 11.8 Å². The summed E-state index contributed by atoms with van der Waals surface area (Å²) < 4.78 is 12.7. The van der Waals surface area contributed by atoms with Crippen molar-refractivity contribution in [2.24, 2.45) is 11.7 Å². The molecule has 3 rings (SSSR count). The predicted octanol–water partition coefficient (Wildman–Crippen LogP) is 4.54. The summed E-state index contributed by atoms with van der Waals surface area (Å²) in [5, 5.41) is 12.0. The summed E-state index contributed by atoms with van der Waals surface area (Å²) >= 11 is 2.13. The molecule has 0 fully saturated rings. The molecule has 1 aromatic carbocycles. The molecule has 0 saturated carbocycles. The minimum atomic E-state index is -0.683. The molecule has 0 aliphatic heterocycles. The standard InChI is InChI=1S/C26H31N5O5S2/c1-6-12-31-23(17-8-10-18(11-9-17)36-13-15(3)4)29-30-26(31)37-14-19(32)28-24-20(25(34)35-7-2)16(5)21(38-24)22(27)33/h6,8-11,15H,1,7,12-14H2,2-5H3,(H2,27,33)(H,28,32). The van der Waals surface area contributed by atoms with Crippen LogP contribution in [0.25, 0.3) is 11.4 Å². The van der Waals surface area contributed by atoms with Gasteiger partial charge in [-0.25, -0.2) is 4.79 Å². The zero-order valence-corrected chi connectivity index (χ0v) is 23.4. The number of allylic oxidation sites excluding steroid dienone is 1. The van der Waals surface area contributed by atoms with E-state index in [-0.39, 0.29) is 33.7 Å². The van der Waals surface area contributed by atoms with Crippen molar-refractivity contribution in [2.75, 3.05) is 24.3 Å². The molecule has 202 valence electrons. The third-order valence-corrected chi connectivity index (χ3v) is 7.35. The van der Waals surface area contributed by atoms with Crippen LogP contribution in [0.2, 0.25) is 0 Å². The number of thiophene rings is 1. The second-order valence-electron chi connectivity index (χ2n) is 8.62. The monoisotopic (exact) mass is 557 g/mol. The molecular weight excluding hydrogens is 526 g/mol. The van der Waals surface area contributed by atoms with Gasteiger partial charge in [-0.15, -0.1) is 28.1 Å². The van der Waals surface area contributed by atoms with Crippen molar-refractivity contribution in [3.05, 3.63) is 52.9 Å². The van der Waals surface area contributed by atoms with Gasteiger partial charge in [-0.1, -0.05) is 31.7 Å². The number of anilines is 1. The highest BCUT2D eigenvalue weighted by molar-refractivity contribution is 7.99. The molecule has 2 amide bonds. The van der Waals surface area contributed by atoms with Gasteiger partial charge in [0.05, 0.1) is 29.4 Å². The van der Waals surface area contributed by atoms with Gasteiger partial charge in [0.25, 0.3) is 5.91 Å². The third-order valence-electron chi connectivity index (χ3n) is 5.16. The summed E-state index contributed by atoms with van der Waals surface area (Å²) in [4.78, 5) is 37.3. The van der Waals surface area contributed by atoms with Crippen molar-refractivity contribution in [3.63, 3.8) is 0 Å². The van der Waals surface area contributed by atoms with Crippen LogP contribution in [0.3, 0.4) is 0 Å². The largest absolute Gasteiger partial charge is 0.493 e. The van der Waals surface area contributed by atoms with Crippen molar-refractivity contribution in [2.45, 2.75) is 39.4 Å². The highest BCUT2D eigenvalue weighted by Gasteiger charge is 2.26. The number of nitrogens with one attached hydrogen (secondary N) is 1. The smallest absolute Gasteiger partial charge is 0.341 e. The van der Waals surface area contributed by atoms with Gasteiger partial charge in [0, 0.05) is 12.1 Å². The van der Waals surface area contributed by atoms with Crippen molar-refractivity contribution >= 4 is 45.9 Å². The SMILES string of the molecule is C=CCn1c(SCC(=O)Nc2sc(C(N)=O)c(C)c2C(=O)OCC)nnc1-c1ccc(OCC(C)C)cc1. The van der Waals surface area contributed by atoms with Gasteiger partial charge in [-0.2, -0.15) is 0 Å². The lowest BCUT2D eigenvalue weighted by Crippen LogP contribution is -2.17. The molecule has 0 unspecified atom stereocenters. The van der Waals surface area contributed by atoms with E-state index in [0.717, 1.165) is 22.6 Å². The topological polar surface area (TPSA) is 138 Å². The maximum Gasteiger partial charge on any atom is 0.341 e. The number of amides is 2. The number of benzene rings is 1. The van der Waals surface area contributed by atoms with Crippen molar-refractivity contribution in [3.8, 4) is 17.1 Å². The van der Waals surface area contributed by atoms with Gasteiger partial charge >= 0.3 is 5.97 Å². The molecule has 0 aliphatic carbocycles. The van der Waals surface area contributed by atoms with Gasteiger partial charge in [-0.3, -0.25) is 14.2 Å². The van der Waals surface area contributed by atoms with Crippen LogP contribution in [0.1, 0.15) is 46.4 Å². The molecule has 12 heteroatoms. The van der Waals surface area contributed by atoms with Crippen LogP contribution in [0.4, 0.5) is 5.00 Å². The van der Waals surface area contributed by atoms with Crippen LogP contribution in [0.5, 0.6) is 5.75 Å². The second kappa shape index (κ2) is 13.2. The number of nitrogens with zero attached hydrogens (tertiary/aromatic N) is 3. The predicted molar refractivity (Wildman–Crippen MR) is 149 cm³/mol. The van der Waals surface area contributed by atoms with E-state index in [9.17, 15) is 14.4 Å². The fourth-order valence-electron chi connectivity index (χ4n) is 3.44. The van der Waals surface area contributed by atoms with E-state index in [1.807, 2.05) is 28.8 Å². The Morgan fingerprint density at radius 1 is 1.24 bits per heavy atom. The van der Waals surface area contributed by atoms with Crippen LogP contribution < -0.4 is 15.8 Å². The molecule has 2 heterocycles. The van der Waals surface area contributed by atoms with E-state index in [4.69, 9.17) is 15.2 Å². The summed E-state index contributed by atoms with van der Waals surface area (Å²) in [6, 6.07) is 7.59. The number of rotatable bonds is 13. The Hall–Kier alpha value is -3.64. The van der Waals surface area contributed by atoms with Crippen LogP contribution >= 0.6 is 23.1 Å². The van der Waals surface area contributed by atoms with E-state index in [1.54, 1.807) is 19.9 Å². The van der Waals surface area contributed by atoms with Gasteiger partial charge in [0.1, 0.15) is 10.8 Å². The van der Waals surface area contributed by atoms with Gasteiger partial charge in [-0.05, 0) is 49.6 Å². The number of nitrogens with two attached hydrogens (primary N) is 1. The maximum atomic E-state index is 12.8. The summed E-state index contributed by atoms with van der Waals surface area (Å²) in [6.45, 7) is 12.5. The Bertz CT molecular complexity index is 1310. The van der Waals surface area contributed by atoms with Crippen molar-refractivity contribution in [1.29, 1.82) is 0 Å². The van der Waals surface area contributed by atoms with E-state index in [0.29, 0.717) is 35.6 Å². The molecule has 38 heavy (non-hydrogen) atoms. The lowest BCUT2D eigenvalue weighted by molar-refractivity contribution is -0.113. The number of thioether (sulfide) groups is 1. The first-order valence-electron chi connectivity index (χ1n) is 12.0. The Balaban J connectivity index is 1.75. The molecule has 2 aromatic heterocycles. The molecule has 0 spiro atoms. The Labute approximate surface area is 229 Å². The normalized spacial score (nSPS) is 10.9. The number of ether oxygens (including phenoxy) is 2. The molecule has 3 aromatic rings. The molecule has 0 atom stereocenters. The molecule has 0 aliphatic rings. The molecule has 10 nitrogen and oxygen atoms in total. The first-order chi connectivity index (χ1) is 18.2. The van der Waals surface area contributed by atoms with Crippen LogP contribution in [-0.2, 0) is 16.1 Å². The van der Waals surface area contributed by atoms with E-state index >= 15 is 0 Å². The fraction of sp³-hybridized carbons (Fsp3) is 0.346. The number of aromatic nitrogens is 3. The van der Waals surface area contributed by atoms with Gasteiger partial charge in [0.15, 0.2) is 11.0 Å². The third kappa shape index (κ3) is 7.01. The number of esters is 1. The van der Waals surface area contributed by atoms with Gasteiger partial charge < -0.3 is 20.5 Å². The quantitative estimate of drug-likeness (QED) is 0.177. The summed E-state index contributed by atoms with van der Waals surface area (Å²) in [5.41, 5.74) is 6.79. The lowest BCUT2D eigenvalue weighted by Gasteiger charge is -2.10. The number of carbonyl (C=O) groups is 3. The second-order valence-corrected chi connectivity index (χ2v) is 10.6. The number of primary amides is 1. The van der Waals surface area contributed by atoms with Crippen molar-refractivity contribution in [1.82, 2.24) is 14.8 Å². The Morgan fingerprint density at radius 2 is 1.95 bits per heavy atom. The van der Waals surface area contributed by atoms with Crippen LogP contribution in [0, 0.1) is 12.8 Å². The van der Waals surface area contributed by atoms with E-state index < -0.39 is 11.9 Å². The molecular formula is C26H31N5O5S2. The highest BCUT2D eigenvalue weighted by atomic mass is 32.2. The summed E-state index contributed by atoms with van der Waals surface area (Å²) in [6.07, 6.45) is 1.72. The highest BCUT2D eigenvalue weighted by Crippen LogP contribution is 2.34. The van der Waals surface area contributed by atoms with Gasteiger partial charge in [0.2, 0.25) is 5.91 Å². The minimum Gasteiger partial charge on any atom is -0.493 e. The number of hydrogen-bond donors (Lipinski definition) is 2. The van der Waals surface area contributed by atoms with Crippen molar-refractivity contribution < 1.29 is 23.9 Å². The average molecular weight is 558 g/mol. The summed E-state index contributed by atoms with van der Waals surface area (Å²) in [7, 11) is 0. The fourth-order valence-corrected chi connectivity index (χ4v) is 5.26. The molecule has 0 saturated heterocycles.